The van der Waals surface area contributed by atoms with Gasteiger partial charge in [0.15, 0.2) is 0 Å². The van der Waals surface area contributed by atoms with Crippen molar-refractivity contribution < 1.29 is 9.53 Å². The van der Waals surface area contributed by atoms with E-state index in [2.05, 4.69) is 65.4 Å². The number of aromatic nitrogens is 1. The van der Waals surface area contributed by atoms with Gasteiger partial charge in [-0.25, -0.2) is 4.98 Å². The van der Waals surface area contributed by atoms with Crippen LogP contribution in [0.25, 0.3) is 10.6 Å². The Balaban J connectivity index is 1.37. The summed E-state index contributed by atoms with van der Waals surface area (Å²) < 4.78 is 5.45. The highest BCUT2D eigenvalue weighted by Crippen LogP contribution is 2.26. The Morgan fingerprint density at radius 2 is 1.94 bits per heavy atom. The summed E-state index contributed by atoms with van der Waals surface area (Å²) in [5.41, 5.74) is 6.28. The van der Waals surface area contributed by atoms with Gasteiger partial charge in [-0.15, -0.1) is 11.3 Å². The van der Waals surface area contributed by atoms with E-state index < -0.39 is 0 Å². The minimum atomic E-state index is -0.0448. The van der Waals surface area contributed by atoms with Crippen LogP contribution >= 0.6 is 11.3 Å². The van der Waals surface area contributed by atoms with Crippen molar-refractivity contribution in [2.75, 3.05) is 49.6 Å². The van der Waals surface area contributed by atoms with Crippen molar-refractivity contribution in [1.29, 1.82) is 0 Å². The van der Waals surface area contributed by atoms with Crippen molar-refractivity contribution in [2.24, 2.45) is 0 Å². The van der Waals surface area contributed by atoms with Crippen LogP contribution in [-0.4, -0.2) is 55.2 Å². The zero-order valence-corrected chi connectivity index (χ0v) is 21.2. The maximum Gasteiger partial charge on any atom is 0.230 e. The first-order valence-electron chi connectivity index (χ1n) is 12.0. The van der Waals surface area contributed by atoms with Crippen LogP contribution in [0.2, 0.25) is 0 Å². The van der Waals surface area contributed by atoms with Gasteiger partial charge < -0.3 is 15.0 Å². The molecule has 1 amide bonds. The van der Waals surface area contributed by atoms with Gasteiger partial charge in [-0.2, -0.15) is 0 Å². The number of benzene rings is 2. The summed E-state index contributed by atoms with van der Waals surface area (Å²) in [5.74, 6) is -0.0448. The lowest BCUT2D eigenvalue weighted by molar-refractivity contribution is -0.115. The van der Waals surface area contributed by atoms with Crippen molar-refractivity contribution >= 4 is 28.6 Å². The van der Waals surface area contributed by atoms with E-state index in [0.717, 1.165) is 73.5 Å². The van der Waals surface area contributed by atoms with E-state index in [0.29, 0.717) is 0 Å². The largest absolute Gasteiger partial charge is 0.379 e. The molecule has 0 unspecified atom stereocenters. The predicted molar refractivity (Wildman–Crippen MR) is 141 cm³/mol. The number of nitrogens with one attached hydrogen (secondary N) is 1. The third-order valence-electron chi connectivity index (χ3n) is 6.19. The van der Waals surface area contributed by atoms with Crippen LogP contribution < -0.4 is 10.2 Å². The molecule has 0 aliphatic carbocycles. The number of hydrogen-bond acceptors (Lipinski definition) is 6. The molecule has 1 fully saturated rings. The van der Waals surface area contributed by atoms with Crippen LogP contribution in [0.15, 0.2) is 47.8 Å². The van der Waals surface area contributed by atoms with Gasteiger partial charge in [-0.05, 0) is 56.2 Å². The molecule has 4 rings (SSSR count). The van der Waals surface area contributed by atoms with E-state index in [1.807, 2.05) is 18.4 Å². The summed E-state index contributed by atoms with van der Waals surface area (Å²) in [6.45, 7) is 12.7. The molecule has 0 atom stereocenters. The molecule has 0 radical (unpaired) electrons. The lowest BCUT2D eigenvalue weighted by atomic mass is 10.1. The molecule has 0 saturated carbocycles. The Hall–Kier alpha value is -2.74. The van der Waals surface area contributed by atoms with E-state index in [9.17, 15) is 4.79 Å². The number of ether oxygens (including phenoxy) is 1. The molecular weight excluding hydrogens is 444 g/mol. The van der Waals surface area contributed by atoms with Crippen LogP contribution in [0.5, 0.6) is 0 Å². The Morgan fingerprint density at radius 3 is 2.68 bits per heavy atom. The molecule has 1 aromatic heterocycles. The minimum absolute atomic E-state index is 0.0448. The summed E-state index contributed by atoms with van der Waals surface area (Å²) >= 11 is 1.59. The van der Waals surface area contributed by atoms with Crippen LogP contribution in [0, 0.1) is 6.92 Å². The third-order valence-corrected chi connectivity index (χ3v) is 7.13. The average Bonchev–Trinajstić information content (AvgIpc) is 3.31. The summed E-state index contributed by atoms with van der Waals surface area (Å²) in [6, 6.07) is 14.7. The lowest BCUT2D eigenvalue weighted by Crippen LogP contribution is -2.35. The van der Waals surface area contributed by atoms with Crippen molar-refractivity contribution in [1.82, 2.24) is 9.88 Å². The molecule has 0 spiro atoms. The molecule has 0 bridgehead atoms. The zero-order chi connectivity index (χ0) is 23.9. The number of anilines is 2. The molecule has 1 saturated heterocycles. The monoisotopic (exact) mass is 478 g/mol. The number of thiazole rings is 1. The van der Waals surface area contributed by atoms with Crippen LogP contribution in [0.4, 0.5) is 11.4 Å². The molecule has 180 valence electrons. The van der Waals surface area contributed by atoms with Crippen molar-refractivity contribution in [3.05, 3.63) is 64.7 Å². The van der Waals surface area contributed by atoms with Gasteiger partial charge in [0, 0.05) is 55.0 Å². The smallest absolute Gasteiger partial charge is 0.230 e. The fraction of sp³-hybridized carbons (Fsp3) is 0.407. The number of aryl methyl sites for hydroxylation is 1. The number of hydrogen-bond donors (Lipinski definition) is 1. The maximum atomic E-state index is 12.7. The van der Waals surface area contributed by atoms with Crippen LogP contribution in [0.1, 0.15) is 30.7 Å². The number of carbonyl (C=O) groups is 1. The number of carbonyl (C=O) groups excluding carboxylic acids is 1. The van der Waals surface area contributed by atoms with E-state index in [1.54, 1.807) is 11.3 Å². The molecule has 1 aliphatic rings. The molecule has 2 heterocycles. The molecule has 1 aliphatic heterocycles. The molecule has 7 heteroatoms. The summed E-state index contributed by atoms with van der Waals surface area (Å²) in [4.78, 5) is 22.2. The average molecular weight is 479 g/mol. The van der Waals surface area contributed by atoms with Gasteiger partial charge >= 0.3 is 0 Å². The first-order chi connectivity index (χ1) is 16.6. The number of rotatable bonds is 9. The van der Waals surface area contributed by atoms with E-state index in [1.165, 1.54) is 11.3 Å². The molecular formula is C27H34N4O2S. The van der Waals surface area contributed by atoms with E-state index in [-0.39, 0.29) is 12.3 Å². The molecule has 1 N–H and O–H groups in total. The molecule has 3 aromatic rings. The third kappa shape index (κ3) is 6.23. The second-order valence-electron chi connectivity index (χ2n) is 8.63. The first-order valence-corrected chi connectivity index (χ1v) is 12.9. The van der Waals surface area contributed by atoms with Crippen LogP contribution in [-0.2, 0) is 22.5 Å². The lowest BCUT2D eigenvalue weighted by Gasteiger charge is -2.26. The highest BCUT2D eigenvalue weighted by atomic mass is 32.1. The SMILES string of the molecule is CCN(CC)c1ccc(NC(=O)Cc2csc(-c3cccc(CN4CCOCC4)c3)n2)c(C)c1. The summed E-state index contributed by atoms with van der Waals surface area (Å²) in [7, 11) is 0. The minimum Gasteiger partial charge on any atom is -0.379 e. The predicted octanol–water partition coefficient (Wildman–Crippen LogP) is 4.98. The van der Waals surface area contributed by atoms with E-state index in [4.69, 9.17) is 9.72 Å². The molecule has 2 aromatic carbocycles. The van der Waals surface area contributed by atoms with Crippen LogP contribution in [0.3, 0.4) is 0 Å². The standard InChI is InChI=1S/C27H34N4O2S/c1-4-31(5-2)24-9-10-25(20(3)15-24)29-26(32)17-23-19-34-27(28-23)22-8-6-7-21(16-22)18-30-11-13-33-14-12-30/h6-10,15-16,19H,4-5,11-14,17-18H2,1-3H3,(H,29,32). The van der Waals surface area contributed by atoms with Gasteiger partial charge in [0.05, 0.1) is 25.3 Å². The summed E-state index contributed by atoms with van der Waals surface area (Å²) in [5, 5.41) is 5.99. The molecule has 34 heavy (non-hydrogen) atoms. The van der Waals surface area contributed by atoms with Crippen molar-refractivity contribution in [3.8, 4) is 10.6 Å². The Bertz CT molecular complexity index is 1100. The first kappa shape index (κ1) is 24.4. The Kier molecular flexibility index (Phi) is 8.32. The fourth-order valence-electron chi connectivity index (χ4n) is 4.27. The molecule has 6 nitrogen and oxygen atoms in total. The number of amides is 1. The van der Waals surface area contributed by atoms with Gasteiger partial charge in [0.1, 0.15) is 5.01 Å². The Morgan fingerprint density at radius 1 is 1.15 bits per heavy atom. The second kappa shape index (κ2) is 11.6. The second-order valence-corrected chi connectivity index (χ2v) is 9.49. The van der Waals surface area contributed by atoms with Crippen molar-refractivity contribution in [2.45, 2.75) is 33.7 Å². The zero-order valence-electron chi connectivity index (χ0n) is 20.3. The quantitative estimate of drug-likeness (QED) is 0.470. The number of morpholine rings is 1. The van der Waals surface area contributed by atoms with Crippen molar-refractivity contribution in [3.63, 3.8) is 0 Å². The van der Waals surface area contributed by atoms with E-state index >= 15 is 0 Å². The highest BCUT2D eigenvalue weighted by Gasteiger charge is 2.14. The topological polar surface area (TPSA) is 57.7 Å². The normalized spacial score (nSPS) is 14.2. The Labute approximate surface area is 206 Å². The van der Waals surface area contributed by atoms with Gasteiger partial charge in [-0.3, -0.25) is 9.69 Å². The fourth-order valence-corrected chi connectivity index (χ4v) is 5.09. The van der Waals surface area contributed by atoms with Gasteiger partial charge in [0.25, 0.3) is 0 Å². The summed E-state index contributed by atoms with van der Waals surface area (Å²) in [6.07, 6.45) is 0.265. The van der Waals surface area contributed by atoms with Gasteiger partial charge in [0.2, 0.25) is 5.91 Å². The number of nitrogens with zero attached hydrogens (tertiary/aromatic N) is 3. The van der Waals surface area contributed by atoms with Gasteiger partial charge in [-0.1, -0.05) is 18.2 Å². The highest BCUT2D eigenvalue weighted by molar-refractivity contribution is 7.13. The maximum absolute atomic E-state index is 12.7.